The number of carboxylic acid groups (broad SMARTS) is 1. The molecule has 1 heterocycles. The van der Waals surface area contributed by atoms with Gasteiger partial charge in [0.25, 0.3) is 0 Å². The minimum Gasteiger partial charge on any atom is -0.481 e. The first-order valence-corrected chi connectivity index (χ1v) is 5.27. The number of nitrogens with zero attached hydrogens (tertiary/aromatic N) is 1. The summed E-state index contributed by atoms with van der Waals surface area (Å²) in [5.41, 5.74) is 4.27. The molecule has 0 fully saturated rings. The Morgan fingerprint density at radius 1 is 1.38 bits per heavy atom. The van der Waals surface area contributed by atoms with Gasteiger partial charge in [-0.2, -0.15) is 0 Å². The maximum Gasteiger partial charge on any atom is 0.307 e. The van der Waals surface area contributed by atoms with E-state index in [9.17, 15) is 4.79 Å². The third-order valence-corrected chi connectivity index (χ3v) is 3.17. The number of carboxylic acids is 1. The first kappa shape index (κ1) is 10.7. The molecule has 0 bridgehead atoms. The van der Waals surface area contributed by atoms with Gasteiger partial charge in [-0.3, -0.25) is 4.79 Å². The fraction of sp³-hybridized carbons (Fsp3) is 0.308. The molecule has 0 saturated heterocycles. The Morgan fingerprint density at radius 3 is 2.69 bits per heavy atom. The van der Waals surface area contributed by atoms with Gasteiger partial charge in [-0.1, -0.05) is 18.2 Å². The maximum absolute atomic E-state index is 10.8. The number of carbonyl (C=O) groups is 1. The van der Waals surface area contributed by atoms with Crippen molar-refractivity contribution in [2.24, 2.45) is 7.05 Å². The van der Waals surface area contributed by atoms with Crippen molar-refractivity contribution >= 4 is 16.9 Å². The molecule has 1 aromatic heterocycles. The number of fused-ring (bicyclic) bond motifs is 1. The number of aliphatic carboxylic acids is 1. The Balaban J connectivity index is 2.79. The highest BCUT2D eigenvalue weighted by molar-refractivity contribution is 5.90. The first-order valence-electron chi connectivity index (χ1n) is 5.27. The van der Waals surface area contributed by atoms with Crippen molar-refractivity contribution in [1.82, 2.24) is 4.57 Å². The largest absolute Gasteiger partial charge is 0.481 e. The second kappa shape index (κ2) is 3.67. The van der Waals surface area contributed by atoms with Crippen molar-refractivity contribution in [2.75, 3.05) is 0 Å². The predicted octanol–water partition coefficient (Wildman–Crippen LogP) is 2.42. The van der Waals surface area contributed by atoms with Gasteiger partial charge >= 0.3 is 5.97 Å². The molecule has 0 spiro atoms. The van der Waals surface area contributed by atoms with Crippen LogP contribution in [0, 0.1) is 13.8 Å². The van der Waals surface area contributed by atoms with E-state index in [1.54, 1.807) is 0 Å². The normalized spacial score (nSPS) is 10.9. The quantitative estimate of drug-likeness (QED) is 0.839. The Hall–Kier alpha value is -1.77. The van der Waals surface area contributed by atoms with Crippen LogP contribution in [0.25, 0.3) is 10.9 Å². The SMILES string of the molecule is Cc1cccc2c(CC(=O)O)c(C)n(C)c12. The zero-order valence-electron chi connectivity index (χ0n) is 9.74. The van der Waals surface area contributed by atoms with E-state index in [2.05, 4.69) is 4.57 Å². The van der Waals surface area contributed by atoms with Gasteiger partial charge in [0.05, 0.1) is 11.9 Å². The van der Waals surface area contributed by atoms with E-state index in [4.69, 9.17) is 5.11 Å². The number of aryl methyl sites for hydroxylation is 2. The molecule has 3 heteroatoms. The van der Waals surface area contributed by atoms with E-state index in [1.807, 2.05) is 39.1 Å². The van der Waals surface area contributed by atoms with Crippen LogP contribution >= 0.6 is 0 Å². The zero-order chi connectivity index (χ0) is 11.9. The number of hydrogen-bond acceptors (Lipinski definition) is 1. The standard InChI is InChI=1S/C13H15NO2/c1-8-5-4-6-10-11(7-12(15)16)9(2)14(3)13(8)10/h4-6H,7H2,1-3H3,(H,15,16). The molecule has 1 N–H and O–H groups in total. The van der Waals surface area contributed by atoms with Crippen LogP contribution in [-0.4, -0.2) is 15.6 Å². The summed E-state index contributed by atoms with van der Waals surface area (Å²) in [5, 5.41) is 9.98. The summed E-state index contributed by atoms with van der Waals surface area (Å²) < 4.78 is 2.07. The maximum atomic E-state index is 10.8. The Bertz CT molecular complexity index is 567. The molecule has 0 unspecified atom stereocenters. The lowest BCUT2D eigenvalue weighted by Crippen LogP contribution is -2.01. The van der Waals surface area contributed by atoms with Gasteiger partial charge in [-0.25, -0.2) is 0 Å². The highest BCUT2D eigenvalue weighted by Crippen LogP contribution is 2.27. The molecular formula is C13H15NO2. The zero-order valence-corrected chi connectivity index (χ0v) is 9.74. The molecule has 0 saturated carbocycles. The highest BCUT2D eigenvalue weighted by Gasteiger charge is 2.15. The van der Waals surface area contributed by atoms with E-state index in [1.165, 1.54) is 5.56 Å². The molecular weight excluding hydrogens is 202 g/mol. The summed E-state index contributed by atoms with van der Waals surface area (Å²) in [5.74, 6) is -0.780. The summed E-state index contributed by atoms with van der Waals surface area (Å²) in [6, 6.07) is 6.02. The number of rotatable bonds is 2. The van der Waals surface area contributed by atoms with Crippen molar-refractivity contribution in [3.63, 3.8) is 0 Å². The topological polar surface area (TPSA) is 42.2 Å². The van der Waals surface area contributed by atoms with Gasteiger partial charge in [-0.15, -0.1) is 0 Å². The lowest BCUT2D eigenvalue weighted by molar-refractivity contribution is -0.136. The van der Waals surface area contributed by atoms with E-state index in [0.717, 1.165) is 22.2 Å². The van der Waals surface area contributed by atoms with Crippen molar-refractivity contribution in [3.8, 4) is 0 Å². The van der Waals surface area contributed by atoms with E-state index >= 15 is 0 Å². The molecule has 84 valence electrons. The molecule has 0 aliphatic heterocycles. The van der Waals surface area contributed by atoms with Crippen LogP contribution in [0.4, 0.5) is 0 Å². The second-order valence-electron chi connectivity index (χ2n) is 4.16. The molecule has 0 atom stereocenters. The van der Waals surface area contributed by atoms with Crippen LogP contribution in [-0.2, 0) is 18.3 Å². The molecule has 2 aromatic rings. The highest BCUT2D eigenvalue weighted by atomic mass is 16.4. The third kappa shape index (κ3) is 1.48. The monoisotopic (exact) mass is 217 g/mol. The Morgan fingerprint density at radius 2 is 2.06 bits per heavy atom. The van der Waals surface area contributed by atoms with E-state index in [0.29, 0.717) is 0 Å². The first-order chi connectivity index (χ1) is 7.52. The average Bonchev–Trinajstić information content (AvgIpc) is 2.44. The fourth-order valence-corrected chi connectivity index (χ4v) is 2.29. The molecule has 2 rings (SSSR count). The smallest absolute Gasteiger partial charge is 0.307 e. The van der Waals surface area contributed by atoms with Crippen molar-refractivity contribution in [3.05, 3.63) is 35.0 Å². The van der Waals surface area contributed by atoms with E-state index < -0.39 is 5.97 Å². The molecule has 3 nitrogen and oxygen atoms in total. The van der Waals surface area contributed by atoms with Gasteiger partial charge in [-0.05, 0) is 25.0 Å². The van der Waals surface area contributed by atoms with Crippen LogP contribution in [0.5, 0.6) is 0 Å². The summed E-state index contributed by atoms with van der Waals surface area (Å²) in [6.07, 6.45) is 0.0899. The Kier molecular flexibility index (Phi) is 2.46. The van der Waals surface area contributed by atoms with Crippen LogP contribution in [0.3, 0.4) is 0 Å². The summed E-state index contributed by atoms with van der Waals surface area (Å²) in [7, 11) is 1.98. The van der Waals surface area contributed by atoms with Crippen LogP contribution in [0.2, 0.25) is 0 Å². The molecule has 0 amide bonds. The van der Waals surface area contributed by atoms with Gasteiger partial charge < -0.3 is 9.67 Å². The number of aromatic nitrogens is 1. The van der Waals surface area contributed by atoms with Crippen LogP contribution < -0.4 is 0 Å². The number of hydrogen-bond donors (Lipinski definition) is 1. The van der Waals surface area contributed by atoms with Crippen molar-refractivity contribution in [2.45, 2.75) is 20.3 Å². The number of para-hydroxylation sites is 1. The van der Waals surface area contributed by atoms with Crippen molar-refractivity contribution in [1.29, 1.82) is 0 Å². The minimum absolute atomic E-state index is 0.0899. The lowest BCUT2D eigenvalue weighted by atomic mass is 10.1. The van der Waals surface area contributed by atoms with Crippen molar-refractivity contribution < 1.29 is 9.90 Å². The molecule has 0 radical (unpaired) electrons. The van der Waals surface area contributed by atoms with Gasteiger partial charge in [0.1, 0.15) is 0 Å². The average molecular weight is 217 g/mol. The minimum atomic E-state index is -0.780. The molecule has 0 aliphatic rings. The summed E-state index contributed by atoms with van der Waals surface area (Å²) in [6.45, 7) is 4.02. The fourth-order valence-electron chi connectivity index (χ4n) is 2.29. The molecule has 16 heavy (non-hydrogen) atoms. The number of benzene rings is 1. The van der Waals surface area contributed by atoms with Gasteiger partial charge in [0, 0.05) is 18.1 Å². The molecule has 0 aliphatic carbocycles. The summed E-state index contributed by atoms with van der Waals surface area (Å²) >= 11 is 0. The van der Waals surface area contributed by atoms with Crippen LogP contribution in [0.1, 0.15) is 16.8 Å². The van der Waals surface area contributed by atoms with E-state index in [-0.39, 0.29) is 6.42 Å². The summed E-state index contributed by atoms with van der Waals surface area (Å²) in [4.78, 5) is 10.8. The molecule has 1 aromatic carbocycles. The van der Waals surface area contributed by atoms with Crippen LogP contribution in [0.15, 0.2) is 18.2 Å². The van der Waals surface area contributed by atoms with Gasteiger partial charge in [0.15, 0.2) is 0 Å². The van der Waals surface area contributed by atoms with Gasteiger partial charge in [0.2, 0.25) is 0 Å². The Labute approximate surface area is 94.3 Å². The lowest BCUT2D eigenvalue weighted by Gasteiger charge is -2.01. The third-order valence-electron chi connectivity index (χ3n) is 3.17. The predicted molar refractivity (Wildman–Crippen MR) is 63.7 cm³/mol. The second-order valence-corrected chi connectivity index (χ2v) is 4.16.